The van der Waals surface area contributed by atoms with Crippen molar-refractivity contribution in [3.05, 3.63) is 52.8 Å². The van der Waals surface area contributed by atoms with Crippen LogP contribution in [0.15, 0.2) is 36.7 Å². The van der Waals surface area contributed by atoms with Crippen LogP contribution in [0, 0.1) is 5.92 Å². The minimum absolute atomic E-state index is 0.0191. The van der Waals surface area contributed by atoms with Gasteiger partial charge < -0.3 is 11.1 Å². The molecule has 2 aromatic rings. The Morgan fingerprint density at radius 3 is 2.78 bits per heavy atom. The fourth-order valence-electron chi connectivity index (χ4n) is 2.42. The molecule has 1 heterocycles. The zero-order valence-electron chi connectivity index (χ0n) is 13.5. The van der Waals surface area contributed by atoms with Gasteiger partial charge in [-0.3, -0.25) is 9.48 Å². The zero-order valence-corrected chi connectivity index (χ0v) is 14.3. The second kappa shape index (κ2) is 8.13. The highest BCUT2D eigenvalue weighted by molar-refractivity contribution is 6.31. The molecular weight excluding hydrogens is 312 g/mol. The molecule has 0 saturated heterocycles. The van der Waals surface area contributed by atoms with Gasteiger partial charge in [0.05, 0.1) is 18.3 Å². The molecule has 0 aliphatic heterocycles. The number of nitrogens with zero attached hydrogens (tertiary/aromatic N) is 2. The number of nitrogens with one attached hydrogen (secondary N) is 1. The summed E-state index contributed by atoms with van der Waals surface area (Å²) in [4.78, 5) is 12.3. The van der Waals surface area contributed by atoms with E-state index in [1.54, 1.807) is 17.1 Å². The summed E-state index contributed by atoms with van der Waals surface area (Å²) in [5, 5.41) is 7.88. The first kappa shape index (κ1) is 17.5. The zero-order chi connectivity index (χ0) is 16.8. The molecule has 0 radical (unpaired) electrons. The molecule has 1 aromatic carbocycles. The highest BCUT2D eigenvalue weighted by Gasteiger charge is 2.15. The number of carbonyl (C=O) groups is 1. The third kappa shape index (κ3) is 5.08. The summed E-state index contributed by atoms with van der Waals surface area (Å²) in [6, 6.07) is 7.57. The van der Waals surface area contributed by atoms with Crippen LogP contribution in [0.3, 0.4) is 0 Å². The van der Waals surface area contributed by atoms with E-state index in [4.69, 9.17) is 17.3 Å². The Balaban J connectivity index is 2.01. The van der Waals surface area contributed by atoms with Gasteiger partial charge in [0.15, 0.2) is 0 Å². The van der Waals surface area contributed by atoms with E-state index in [1.807, 2.05) is 24.3 Å². The van der Waals surface area contributed by atoms with E-state index in [0.29, 0.717) is 29.6 Å². The number of hydrogen-bond donors (Lipinski definition) is 2. The maximum atomic E-state index is 12.3. The number of benzene rings is 1. The molecule has 0 bridgehead atoms. The Morgan fingerprint density at radius 1 is 1.39 bits per heavy atom. The summed E-state index contributed by atoms with van der Waals surface area (Å²) in [6.07, 6.45) is 4.15. The molecule has 3 N–H and O–H groups in total. The molecule has 1 amide bonds. The van der Waals surface area contributed by atoms with Crippen LogP contribution in [0.4, 0.5) is 0 Å². The Bertz CT molecular complexity index is 654. The van der Waals surface area contributed by atoms with Crippen LogP contribution >= 0.6 is 11.6 Å². The number of amides is 1. The van der Waals surface area contributed by atoms with E-state index in [-0.39, 0.29) is 11.9 Å². The lowest BCUT2D eigenvalue weighted by Crippen LogP contribution is -2.40. The van der Waals surface area contributed by atoms with Gasteiger partial charge in [-0.05, 0) is 24.0 Å². The summed E-state index contributed by atoms with van der Waals surface area (Å²) < 4.78 is 1.70. The molecule has 0 spiro atoms. The van der Waals surface area contributed by atoms with Gasteiger partial charge >= 0.3 is 0 Å². The predicted octanol–water partition coefficient (Wildman–Crippen LogP) is 2.69. The summed E-state index contributed by atoms with van der Waals surface area (Å²) in [5.41, 5.74) is 7.21. The lowest BCUT2D eigenvalue weighted by molar-refractivity contribution is 0.0933. The first-order valence-electron chi connectivity index (χ1n) is 7.76. The highest BCUT2D eigenvalue weighted by atomic mass is 35.5. The molecule has 124 valence electrons. The summed E-state index contributed by atoms with van der Waals surface area (Å²) >= 11 is 6.15. The summed E-state index contributed by atoms with van der Waals surface area (Å²) in [7, 11) is 0. The Morgan fingerprint density at radius 2 is 2.13 bits per heavy atom. The molecule has 1 aromatic heterocycles. The Kier molecular flexibility index (Phi) is 6.19. The SMILES string of the molecule is CC(C)CC(CN)NC(=O)c1cnn(Cc2ccccc2Cl)c1. The van der Waals surface area contributed by atoms with Crippen molar-refractivity contribution in [2.75, 3.05) is 6.54 Å². The Hall–Kier alpha value is -1.85. The lowest BCUT2D eigenvalue weighted by atomic mass is 10.0. The minimum atomic E-state index is -0.147. The minimum Gasteiger partial charge on any atom is -0.348 e. The van der Waals surface area contributed by atoms with Gasteiger partial charge in [0, 0.05) is 23.8 Å². The van der Waals surface area contributed by atoms with Gasteiger partial charge in [-0.1, -0.05) is 43.6 Å². The number of nitrogens with two attached hydrogens (primary N) is 1. The van der Waals surface area contributed by atoms with Crippen LogP contribution in [0.2, 0.25) is 5.02 Å². The van der Waals surface area contributed by atoms with Crippen LogP contribution in [0.25, 0.3) is 0 Å². The molecule has 5 nitrogen and oxygen atoms in total. The highest BCUT2D eigenvalue weighted by Crippen LogP contribution is 2.16. The van der Waals surface area contributed by atoms with Crippen molar-refractivity contribution in [1.82, 2.24) is 15.1 Å². The number of hydrogen-bond acceptors (Lipinski definition) is 3. The first-order valence-corrected chi connectivity index (χ1v) is 8.14. The second-order valence-corrected chi connectivity index (χ2v) is 6.46. The predicted molar refractivity (Wildman–Crippen MR) is 92.5 cm³/mol. The van der Waals surface area contributed by atoms with Gasteiger partial charge in [-0.15, -0.1) is 0 Å². The van der Waals surface area contributed by atoms with Crippen molar-refractivity contribution in [3.63, 3.8) is 0 Å². The smallest absolute Gasteiger partial charge is 0.254 e. The fraction of sp³-hybridized carbons (Fsp3) is 0.412. The number of aromatic nitrogens is 2. The van der Waals surface area contributed by atoms with E-state index in [9.17, 15) is 4.79 Å². The van der Waals surface area contributed by atoms with Crippen molar-refractivity contribution in [1.29, 1.82) is 0 Å². The number of carbonyl (C=O) groups excluding carboxylic acids is 1. The third-order valence-electron chi connectivity index (χ3n) is 3.56. The molecule has 2 rings (SSSR count). The molecule has 0 aliphatic rings. The molecule has 23 heavy (non-hydrogen) atoms. The van der Waals surface area contributed by atoms with Crippen LogP contribution in [0.5, 0.6) is 0 Å². The van der Waals surface area contributed by atoms with Crippen molar-refractivity contribution in [2.45, 2.75) is 32.9 Å². The van der Waals surface area contributed by atoms with Crippen molar-refractivity contribution in [2.24, 2.45) is 11.7 Å². The van der Waals surface area contributed by atoms with Gasteiger partial charge in [0.1, 0.15) is 0 Å². The normalized spacial score (nSPS) is 12.4. The molecule has 0 saturated carbocycles. The second-order valence-electron chi connectivity index (χ2n) is 6.05. The van der Waals surface area contributed by atoms with Crippen molar-refractivity contribution >= 4 is 17.5 Å². The largest absolute Gasteiger partial charge is 0.348 e. The van der Waals surface area contributed by atoms with E-state index in [2.05, 4.69) is 24.3 Å². The summed E-state index contributed by atoms with van der Waals surface area (Å²) in [6.45, 7) is 5.17. The van der Waals surface area contributed by atoms with Crippen LogP contribution in [-0.2, 0) is 6.54 Å². The maximum Gasteiger partial charge on any atom is 0.254 e. The van der Waals surface area contributed by atoms with Crippen molar-refractivity contribution < 1.29 is 4.79 Å². The van der Waals surface area contributed by atoms with E-state index < -0.39 is 0 Å². The molecule has 1 atom stereocenters. The van der Waals surface area contributed by atoms with E-state index >= 15 is 0 Å². The Labute approximate surface area is 141 Å². The molecule has 1 unspecified atom stereocenters. The van der Waals surface area contributed by atoms with Crippen LogP contribution in [0.1, 0.15) is 36.2 Å². The molecule has 0 aliphatic carbocycles. The molecule has 6 heteroatoms. The van der Waals surface area contributed by atoms with Gasteiger partial charge in [-0.25, -0.2) is 0 Å². The molecule has 0 fully saturated rings. The number of halogens is 1. The van der Waals surface area contributed by atoms with Crippen LogP contribution < -0.4 is 11.1 Å². The summed E-state index contributed by atoms with van der Waals surface area (Å²) in [5.74, 6) is 0.332. The fourth-order valence-corrected chi connectivity index (χ4v) is 2.62. The first-order chi connectivity index (χ1) is 11.0. The third-order valence-corrected chi connectivity index (χ3v) is 3.93. The number of rotatable bonds is 7. The molecular formula is C17H23ClN4O. The lowest BCUT2D eigenvalue weighted by Gasteiger charge is -2.18. The van der Waals surface area contributed by atoms with Gasteiger partial charge in [-0.2, -0.15) is 5.10 Å². The van der Waals surface area contributed by atoms with Crippen molar-refractivity contribution in [3.8, 4) is 0 Å². The monoisotopic (exact) mass is 334 g/mol. The van der Waals surface area contributed by atoms with Gasteiger partial charge in [0.2, 0.25) is 0 Å². The average molecular weight is 335 g/mol. The van der Waals surface area contributed by atoms with E-state index in [0.717, 1.165) is 12.0 Å². The maximum absolute atomic E-state index is 12.3. The van der Waals surface area contributed by atoms with E-state index in [1.165, 1.54) is 0 Å². The van der Waals surface area contributed by atoms with Crippen LogP contribution in [-0.4, -0.2) is 28.3 Å². The van der Waals surface area contributed by atoms with Gasteiger partial charge in [0.25, 0.3) is 5.91 Å². The standard InChI is InChI=1S/C17H23ClN4O/c1-12(2)7-15(8-19)21-17(23)14-9-20-22(11-14)10-13-5-3-4-6-16(13)18/h3-6,9,11-12,15H,7-8,10,19H2,1-2H3,(H,21,23). The quantitative estimate of drug-likeness (QED) is 0.817. The topological polar surface area (TPSA) is 72.9 Å². The average Bonchev–Trinajstić information content (AvgIpc) is 2.97.